The average Bonchev–Trinajstić information content (AvgIpc) is 2.48. The first-order valence-corrected chi connectivity index (χ1v) is 8.81. The van der Waals surface area contributed by atoms with Gasteiger partial charge in [0.2, 0.25) is 0 Å². The lowest BCUT2D eigenvalue weighted by Crippen LogP contribution is -2.26. The van der Waals surface area contributed by atoms with Crippen LogP contribution in [0.4, 0.5) is 5.69 Å². The molecule has 0 aliphatic rings. The number of alkyl halides is 1. The van der Waals surface area contributed by atoms with E-state index in [0.717, 1.165) is 22.7 Å². The van der Waals surface area contributed by atoms with Crippen LogP contribution >= 0.6 is 31.8 Å². The highest BCUT2D eigenvalue weighted by atomic mass is 127. The fourth-order valence-electron chi connectivity index (χ4n) is 2.04. The van der Waals surface area contributed by atoms with Gasteiger partial charge in [-0.15, -0.1) is 0 Å². The molecule has 0 bridgehead atoms. The van der Waals surface area contributed by atoms with Gasteiger partial charge in [0, 0.05) is 24.6 Å². The van der Waals surface area contributed by atoms with Crippen LogP contribution in [-0.2, 0) is 0 Å². The first-order chi connectivity index (χ1) is 10.7. The molecule has 4 nitrogen and oxygen atoms in total. The van der Waals surface area contributed by atoms with Crippen molar-refractivity contribution in [2.75, 3.05) is 11.9 Å². The second-order valence-electron chi connectivity index (χ2n) is 5.57. The maximum atomic E-state index is 12.6. The number of aromatic nitrogens is 1. The Balaban J connectivity index is 2.17. The van der Waals surface area contributed by atoms with E-state index in [9.17, 15) is 4.79 Å². The minimum Gasteiger partial charge on any atom is -0.474 e. The Bertz CT molecular complexity index is 712. The molecule has 2 aromatic rings. The molecule has 0 saturated carbocycles. The number of aryl methyl sites for hydroxylation is 2. The number of carbonyl (C=O) groups is 1. The standard InChI is InChI=1S/C17H20IN2O2P/c1-11-9-13(10-19-12(11)2)16(21)20(4)14-5-7-15(8-6-14)22-17(3,18)23/h5-10H,23H2,1-4H3. The van der Waals surface area contributed by atoms with E-state index >= 15 is 0 Å². The van der Waals surface area contributed by atoms with Gasteiger partial charge in [0.25, 0.3) is 5.91 Å². The lowest BCUT2D eigenvalue weighted by atomic mass is 10.1. The molecular formula is C17H20IN2O2P. The molecule has 2 unspecified atom stereocenters. The first-order valence-electron chi connectivity index (χ1n) is 7.15. The monoisotopic (exact) mass is 442 g/mol. The number of benzene rings is 1. The lowest BCUT2D eigenvalue weighted by molar-refractivity contribution is 0.0992. The highest BCUT2D eigenvalue weighted by Crippen LogP contribution is 2.31. The van der Waals surface area contributed by atoms with E-state index in [4.69, 9.17) is 4.74 Å². The maximum Gasteiger partial charge on any atom is 0.259 e. The maximum absolute atomic E-state index is 12.6. The van der Waals surface area contributed by atoms with Crippen molar-refractivity contribution in [3.8, 4) is 5.75 Å². The number of hydrogen-bond acceptors (Lipinski definition) is 3. The molecule has 1 heterocycles. The van der Waals surface area contributed by atoms with E-state index in [0.29, 0.717) is 5.56 Å². The van der Waals surface area contributed by atoms with Crippen LogP contribution in [0.1, 0.15) is 28.5 Å². The molecule has 0 radical (unpaired) electrons. The third-order valence-corrected chi connectivity index (χ3v) is 3.77. The van der Waals surface area contributed by atoms with Gasteiger partial charge in [0.1, 0.15) is 5.75 Å². The second-order valence-corrected chi connectivity index (χ2v) is 9.99. The molecule has 0 fully saturated rings. The molecule has 0 N–H and O–H groups in total. The largest absolute Gasteiger partial charge is 0.474 e. The van der Waals surface area contributed by atoms with E-state index in [2.05, 4.69) is 36.8 Å². The van der Waals surface area contributed by atoms with Crippen LogP contribution in [0.15, 0.2) is 36.5 Å². The molecule has 0 aliphatic heterocycles. The lowest BCUT2D eigenvalue weighted by Gasteiger charge is -2.21. The Morgan fingerprint density at radius 2 is 1.91 bits per heavy atom. The Morgan fingerprint density at radius 3 is 2.43 bits per heavy atom. The summed E-state index contributed by atoms with van der Waals surface area (Å²) in [6.07, 6.45) is 1.62. The summed E-state index contributed by atoms with van der Waals surface area (Å²) < 4.78 is 5.39. The molecule has 2 rings (SSSR count). The van der Waals surface area contributed by atoms with Crippen LogP contribution in [0.5, 0.6) is 5.75 Å². The quantitative estimate of drug-likeness (QED) is 0.402. The molecule has 0 saturated heterocycles. The van der Waals surface area contributed by atoms with Gasteiger partial charge in [-0.05, 0) is 79.3 Å². The van der Waals surface area contributed by atoms with Crippen LogP contribution in [0.3, 0.4) is 0 Å². The molecule has 2 atom stereocenters. The van der Waals surface area contributed by atoms with Crippen molar-refractivity contribution in [2.24, 2.45) is 0 Å². The van der Waals surface area contributed by atoms with Crippen molar-refractivity contribution < 1.29 is 9.53 Å². The SMILES string of the molecule is Cc1cc(C(=O)N(C)c2ccc(OC(C)(P)I)cc2)cnc1C. The van der Waals surface area contributed by atoms with Crippen molar-refractivity contribution in [1.82, 2.24) is 4.98 Å². The highest BCUT2D eigenvalue weighted by molar-refractivity contribution is 14.1. The molecule has 122 valence electrons. The topological polar surface area (TPSA) is 42.4 Å². The van der Waals surface area contributed by atoms with Crippen LogP contribution in [0.25, 0.3) is 0 Å². The van der Waals surface area contributed by atoms with Crippen LogP contribution in [-0.4, -0.2) is 21.3 Å². The molecule has 0 spiro atoms. The smallest absolute Gasteiger partial charge is 0.259 e. The van der Waals surface area contributed by atoms with E-state index in [-0.39, 0.29) is 9.26 Å². The van der Waals surface area contributed by atoms with E-state index in [1.54, 1.807) is 18.1 Å². The molecule has 23 heavy (non-hydrogen) atoms. The third-order valence-electron chi connectivity index (χ3n) is 3.43. The van der Waals surface area contributed by atoms with Crippen LogP contribution in [0, 0.1) is 13.8 Å². The molecule has 6 heteroatoms. The number of halogens is 1. The van der Waals surface area contributed by atoms with E-state index in [1.807, 2.05) is 51.1 Å². The number of ether oxygens (including phenoxy) is 1. The van der Waals surface area contributed by atoms with Gasteiger partial charge in [-0.2, -0.15) is 0 Å². The summed E-state index contributed by atoms with van der Waals surface area (Å²) in [5, 5.41) is 0. The van der Waals surface area contributed by atoms with Crippen molar-refractivity contribution in [1.29, 1.82) is 0 Å². The van der Waals surface area contributed by atoms with Gasteiger partial charge in [-0.3, -0.25) is 9.78 Å². The summed E-state index contributed by atoms with van der Waals surface area (Å²) in [6, 6.07) is 9.33. The predicted octanol–water partition coefficient (Wildman–Crippen LogP) is 4.34. The Morgan fingerprint density at radius 1 is 1.30 bits per heavy atom. The molecular weight excluding hydrogens is 422 g/mol. The first kappa shape index (κ1) is 18.1. The van der Waals surface area contributed by atoms with Crippen LogP contribution < -0.4 is 9.64 Å². The second kappa shape index (κ2) is 7.14. The average molecular weight is 442 g/mol. The highest BCUT2D eigenvalue weighted by Gasteiger charge is 2.16. The number of pyridine rings is 1. The normalized spacial score (nSPS) is 13.3. The minimum absolute atomic E-state index is 0.0842. The zero-order chi connectivity index (χ0) is 17.2. The van der Waals surface area contributed by atoms with Crippen LogP contribution in [0.2, 0.25) is 0 Å². The number of rotatable bonds is 4. The third kappa shape index (κ3) is 4.88. The van der Waals surface area contributed by atoms with Crippen molar-refractivity contribution in [2.45, 2.75) is 24.1 Å². The zero-order valence-electron chi connectivity index (χ0n) is 13.6. The Kier molecular flexibility index (Phi) is 5.63. The molecule has 1 amide bonds. The fourth-order valence-corrected chi connectivity index (χ4v) is 2.43. The summed E-state index contributed by atoms with van der Waals surface area (Å²) in [4.78, 5) is 18.4. The van der Waals surface area contributed by atoms with Gasteiger partial charge in [0.15, 0.2) is 3.35 Å². The van der Waals surface area contributed by atoms with Gasteiger partial charge in [0.05, 0.1) is 5.56 Å². The van der Waals surface area contributed by atoms with E-state index < -0.39 is 0 Å². The number of nitrogens with zero attached hydrogens (tertiary/aromatic N) is 2. The van der Waals surface area contributed by atoms with Crippen molar-refractivity contribution in [3.05, 3.63) is 53.3 Å². The number of amides is 1. The van der Waals surface area contributed by atoms with Gasteiger partial charge in [-0.1, -0.05) is 9.24 Å². The number of hydrogen-bond donors (Lipinski definition) is 0. The van der Waals surface area contributed by atoms with Gasteiger partial charge >= 0.3 is 0 Å². The molecule has 0 aliphatic carbocycles. The fraction of sp³-hybridized carbons (Fsp3) is 0.294. The molecule has 1 aromatic heterocycles. The number of carbonyl (C=O) groups excluding carboxylic acids is 1. The number of anilines is 1. The van der Waals surface area contributed by atoms with Gasteiger partial charge < -0.3 is 9.64 Å². The van der Waals surface area contributed by atoms with Gasteiger partial charge in [-0.25, -0.2) is 0 Å². The zero-order valence-corrected chi connectivity index (χ0v) is 16.9. The van der Waals surface area contributed by atoms with Crippen molar-refractivity contribution in [3.63, 3.8) is 0 Å². The summed E-state index contributed by atoms with van der Waals surface area (Å²) in [5.74, 6) is 0.674. The van der Waals surface area contributed by atoms with E-state index in [1.165, 1.54) is 0 Å². The summed E-state index contributed by atoms with van der Waals surface area (Å²) in [6.45, 7) is 5.84. The van der Waals surface area contributed by atoms with Crippen molar-refractivity contribution >= 4 is 43.4 Å². The Labute approximate surface area is 153 Å². The molecule has 1 aromatic carbocycles. The summed E-state index contributed by atoms with van der Waals surface area (Å²) in [5.41, 5.74) is 3.33. The minimum atomic E-state index is -0.355. The predicted molar refractivity (Wildman–Crippen MR) is 106 cm³/mol. The summed E-state index contributed by atoms with van der Waals surface area (Å²) >= 11 is 2.20. The summed E-state index contributed by atoms with van der Waals surface area (Å²) in [7, 11) is 4.38. The Hall–Kier alpha value is -1.20.